The number of anilines is 1. The molecule has 0 unspecified atom stereocenters. The molecule has 0 atom stereocenters. The monoisotopic (exact) mass is 459 g/mol. The van der Waals surface area contributed by atoms with E-state index in [0.29, 0.717) is 34.1 Å². The molecule has 1 saturated heterocycles. The van der Waals surface area contributed by atoms with Gasteiger partial charge in [0.2, 0.25) is 5.91 Å². The van der Waals surface area contributed by atoms with Gasteiger partial charge in [-0.25, -0.2) is 4.98 Å². The van der Waals surface area contributed by atoms with Gasteiger partial charge in [0.05, 0.1) is 23.2 Å². The first-order chi connectivity index (χ1) is 16.0. The lowest BCUT2D eigenvalue weighted by Gasteiger charge is -2.27. The van der Waals surface area contributed by atoms with E-state index in [-0.39, 0.29) is 11.5 Å². The van der Waals surface area contributed by atoms with Crippen LogP contribution >= 0.6 is 11.6 Å². The van der Waals surface area contributed by atoms with E-state index in [4.69, 9.17) is 16.3 Å². The summed E-state index contributed by atoms with van der Waals surface area (Å²) in [6, 6.07) is 18.6. The summed E-state index contributed by atoms with van der Waals surface area (Å²) >= 11 is 6.03. The number of pyridine rings is 2. The summed E-state index contributed by atoms with van der Waals surface area (Å²) in [5.74, 6) is 1.23. The summed E-state index contributed by atoms with van der Waals surface area (Å²) in [6.45, 7) is 0.732. The molecular weight excluding hydrogens is 438 g/mol. The molecule has 2 aromatic heterocycles. The number of hydrogen-bond donors (Lipinski definition) is 0. The summed E-state index contributed by atoms with van der Waals surface area (Å²) in [7, 11) is 1.57. The zero-order valence-corrected chi connectivity index (χ0v) is 18.9. The molecule has 0 spiro atoms. The number of ether oxygens (including phenoxy) is 1. The van der Waals surface area contributed by atoms with Gasteiger partial charge in [-0.3, -0.25) is 14.2 Å². The molecular formula is C26H22ClN3O3. The van der Waals surface area contributed by atoms with Crippen molar-refractivity contribution < 1.29 is 9.53 Å². The molecule has 1 aliphatic rings. The maximum absolute atomic E-state index is 13.6. The molecule has 7 heteroatoms. The number of piperidine rings is 1. The number of methoxy groups -OCH3 is 1. The lowest BCUT2D eigenvalue weighted by molar-refractivity contribution is -0.119. The normalized spacial score (nSPS) is 14.0. The van der Waals surface area contributed by atoms with Crippen LogP contribution < -0.4 is 15.2 Å². The summed E-state index contributed by atoms with van der Waals surface area (Å²) in [5.41, 5.74) is 2.21. The van der Waals surface area contributed by atoms with E-state index in [1.165, 1.54) is 6.20 Å². The molecule has 0 saturated carbocycles. The van der Waals surface area contributed by atoms with Crippen LogP contribution in [-0.2, 0) is 4.79 Å². The van der Waals surface area contributed by atoms with E-state index >= 15 is 0 Å². The van der Waals surface area contributed by atoms with Crippen molar-refractivity contribution in [2.75, 3.05) is 18.6 Å². The number of carbonyl (C=O) groups is 1. The van der Waals surface area contributed by atoms with Crippen LogP contribution in [0.1, 0.15) is 19.3 Å². The molecule has 0 aliphatic carbocycles. The predicted octanol–water partition coefficient (Wildman–Crippen LogP) is 5.23. The molecule has 33 heavy (non-hydrogen) atoms. The first kappa shape index (κ1) is 21.2. The molecule has 166 valence electrons. The number of rotatable bonds is 4. The van der Waals surface area contributed by atoms with Crippen LogP contribution in [0.5, 0.6) is 5.75 Å². The van der Waals surface area contributed by atoms with Gasteiger partial charge in [-0.05, 0) is 66.3 Å². The highest BCUT2D eigenvalue weighted by Crippen LogP contribution is 2.29. The van der Waals surface area contributed by atoms with Crippen molar-refractivity contribution in [3.05, 3.63) is 82.2 Å². The maximum atomic E-state index is 13.6. The highest BCUT2D eigenvalue weighted by molar-refractivity contribution is 6.30. The first-order valence-corrected chi connectivity index (χ1v) is 11.2. The Balaban J connectivity index is 1.68. The third kappa shape index (κ3) is 3.98. The average molecular weight is 460 g/mol. The Morgan fingerprint density at radius 1 is 0.970 bits per heavy atom. The van der Waals surface area contributed by atoms with Crippen molar-refractivity contribution in [3.8, 4) is 22.8 Å². The number of carbonyl (C=O) groups excluding carboxylic acids is 1. The van der Waals surface area contributed by atoms with Gasteiger partial charge in [-0.2, -0.15) is 0 Å². The van der Waals surface area contributed by atoms with E-state index in [1.54, 1.807) is 29.9 Å². The predicted molar refractivity (Wildman–Crippen MR) is 131 cm³/mol. The molecule has 0 radical (unpaired) electrons. The molecule has 2 aromatic carbocycles. The fourth-order valence-electron chi connectivity index (χ4n) is 4.25. The molecule has 5 rings (SSSR count). The second-order valence-corrected chi connectivity index (χ2v) is 8.44. The van der Waals surface area contributed by atoms with Crippen LogP contribution in [0.2, 0.25) is 5.02 Å². The van der Waals surface area contributed by atoms with Crippen molar-refractivity contribution in [1.82, 2.24) is 9.55 Å². The number of hydrogen-bond acceptors (Lipinski definition) is 4. The van der Waals surface area contributed by atoms with Crippen molar-refractivity contribution in [2.45, 2.75) is 19.3 Å². The summed E-state index contributed by atoms with van der Waals surface area (Å²) < 4.78 is 6.90. The van der Waals surface area contributed by atoms with Gasteiger partial charge in [0, 0.05) is 24.8 Å². The van der Waals surface area contributed by atoms with Crippen LogP contribution in [0.15, 0.2) is 71.7 Å². The molecule has 0 N–H and O–H groups in total. The van der Waals surface area contributed by atoms with Crippen LogP contribution in [0.3, 0.4) is 0 Å². The largest absolute Gasteiger partial charge is 0.497 e. The van der Waals surface area contributed by atoms with Crippen LogP contribution in [-0.4, -0.2) is 29.1 Å². The van der Waals surface area contributed by atoms with Crippen molar-refractivity contribution in [1.29, 1.82) is 0 Å². The maximum Gasteiger partial charge on any atom is 0.264 e. The second kappa shape index (κ2) is 8.71. The fraction of sp³-hybridized carbons (Fsp3) is 0.192. The van der Waals surface area contributed by atoms with Crippen LogP contribution in [0.25, 0.3) is 27.8 Å². The van der Waals surface area contributed by atoms with Crippen molar-refractivity contribution in [2.24, 2.45) is 0 Å². The minimum atomic E-state index is -0.202. The minimum absolute atomic E-state index is 0.149. The van der Waals surface area contributed by atoms with Gasteiger partial charge >= 0.3 is 0 Å². The van der Waals surface area contributed by atoms with E-state index in [2.05, 4.69) is 4.98 Å². The van der Waals surface area contributed by atoms with Gasteiger partial charge in [-0.1, -0.05) is 29.8 Å². The number of fused-ring (bicyclic) bond motifs is 1. The summed E-state index contributed by atoms with van der Waals surface area (Å²) in [5, 5.41) is 1.83. The number of amides is 1. The molecule has 3 heterocycles. The second-order valence-electron chi connectivity index (χ2n) is 8.01. The van der Waals surface area contributed by atoms with Crippen molar-refractivity contribution in [3.63, 3.8) is 0 Å². The van der Waals surface area contributed by atoms with Gasteiger partial charge in [0.1, 0.15) is 11.6 Å². The van der Waals surface area contributed by atoms with Crippen LogP contribution in [0.4, 0.5) is 5.69 Å². The Morgan fingerprint density at radius 3 is 2.48 bits per heavy atom. The lowest BCUT2D eigenvalue weighted by Crippen LogP contribution is -2.35. The third-order valence-corrected chi connectivity index (χ3v) is 6.19. The Hall–Kier alpha value is -3.64. The van der Waals surface area contributed by atoms with Gasteiger partial charge in [0.25, 0.3) is 5.56 Å². The van der Waals surface area contributed by atoms with Crippen molar-refractivity contribution >= 4 is 34.0 Å². The number of halogens is 1. The zero-order chi connectivity index (χ0) is 22.9. The SMILES string of the molecule is COc1ccc2cc(-c3ccc(N4CCCCC4=O)cc3)n(-c3ccc(Cl)cn3)c(=O)c2c1. The Morgan fingerprint density at radius 2 is 1.79 bits per heavy atom. The van der Waals surface area contributed by atoms with Gasteiger partial charge in [0.15, 0.2) is 0 Å². The Kier molecular flexibility index (Phi) is 5.60. The zero-order valence-electron chi connectivity index (χ0n) is 18.1. The first-order valence-electron chi connectivity index (χ1n) is 10.8. The number of aromatic nitrogens is 2. The molecule has 6 nitrogen and oxygen atoms in total. The number of benzene rings is 2. The molecule has 1 amide bonds. The standard InChI is InChI=1S/C26H22ClN3O3/c1-33-21-11-7-18-14-23(17-5-9-20(10-6-17)29-13-3-2-4-25(29)31)30(26(32)22(18)15-21)24-12-8-19(27)16-28-24/h5-12,14-16H,2-4,13H2,1H3. The fourth-order valence-corrected chi connectivity index (χ4v) is 4.36. The highest BCUT2D eigenvalue weighted by atomic mass is 35.5. The Bertz CT molecular complexity index is 1400. The lowest BCUT2D eigenvalue weighted by atomic mass is 10.0. The quantitative estimate of drug-likeness (QED) is 0.419. The van der Waals surface area contributed by atoms with E-state index in [1.807, 2.05) is 47.4 Å². The van der Waals surface area contributed by atoms with Gasteiger partial charge in [-0.15, -0.1) is 0 Å². The third-order valence-electron chi connectivity index (χ3n) is 5.97. The Labute approximate surface area is 196 Å². The van der Waals surface area contributed by atoms with Gasteiger partial charge < -0.3 is 9.64 Å². The molecule has 0 bridgehead atoms. The molecule has 4 aromatic rings. The average Bonchev–Trinajstić information content (AvgIpc) is 2.85. The van der Waals surface area contributed by atoms with E-state index in [9.17, 15) is 9.59 Å². The summed E-state index contributed by atoms with van der Waals surface area (Å²) in [6.07, 6.45) is 4.05. The number of nitrogens with zero attached hydrogens (tertiary/aromatic N) is 3. The minimum Gasteiger partial charge on any atom is -0.497 e. The molecule has 1 aliphatic heterocycles. The summed E-state index contributed by atoms with van der Waals surface area (Å²) in [4.78, 5) is 32.1. The van der Waals surface area contributed by atoms with E-state index in [0.717, 1.165) is 36.0 Å². The smallest absolute Gasteiger partial charge is 0.264 e. The van der Waals surface area contributed by atoms with Crippen LogP contribution in [0, 0.1) is 0 Å². The molecule has 1 fully saturated rings. The highest BCUT2D eigenvalue weighted by Gasteiger charge is 2.20. The topological polar surface area (TPSA) is 64.4 Å². The van der Waals surface area contributed by atoms with E-state index < -0.39 is 0 Å².